The van der Waals surface area contributed by atoms with Crippen molar-refractivity contribution in [3.8, 4) is 22.9 Å². The van der Waals surface area contributed by atoms with E-state index < -0.39 is 0 Å². The van der Waals surface area contributed by atoms with Crippen LogP contribution in [0.2, 0.25) is 0 Å². The van der Waals surface area contributed by atoms with Gasteiger partial charge in [-0.25, -0.2) is 9.97 Å². The molecule has 0 aliphatic heterocycles. The van der Waals surface area contributed by atoms with E-state index in [1.54, 1.807) is 0 Å². The molecule has 0 fully saturated rings. The van der Waals surface area contributed by atoms with Crippen LogP contribution in [0.1, 0.15) is 11.1 Å². The van der Waals surface area contributed by atoms with E-state index in [4.69, 9.17) is 13.8 Å². The summed E-state index contributed by atoms with van der Waals surface area (Å²) < 4.78 is 12.1. The maximum Gasteiger partial charge on any atom is 0.227 e. The highest BCUT2D eigenvalue weighted by Gasteiger charge is 2.14. The fourth-order valence-corrected chi connectivity index (χ4v) is 3.89. The average molecular weight is 390 g/mol. The summed E-state index contributed by atoms with van der Waals surface area (Å²) in [6.07, 6.45) is 0. The molecule has 6 aromatic rings. The Labute approximate surface area is 172 Å². The van der Waals surface area contributed by atoms with Gasteiger partial charge in [-0.15, -0.1) is 0 Å². The predicted molar refractivity (Wildman–Crippen MR) is 119 cm³/mol. The molecule has 144 valence electrons. The summed E-state index contributed by atoms with van der Waals surface area (Å²) in [6.45, 7) is 4.10. The van der Waals surface area contributed by atoms with E-state index in [-0.39, 0.29) is 0 Å². The quantitative estimate of drug-likeness (QED) is 0.317. The number of benzene rings is 4. The summed E-state index contributed by atoms with van der Waals surface area (Å²) >= 11 is 0. The molecule has 0 atom stereocenters. The van der Waals surface area contributed by atoms with Crippen LogP contribution in [-0.4, -0.2) is 9.97 Å². The smallest absolute Gasteiger partial charge is 0.227 e. The van der Waals surface area contributed by atoms with Crippen LogP contribution in [0.15, 0.2) is 81.6 Å². The minimum absolute atomic E-state index is 0.612. The lowest BCUT2D eigenvalue weighted by Gasteiger charge is -2.05. The van der Waals surface area contributed by atoms with Gasteiger partial charge in [-0.3, -0.25) is 0 Å². The minimum Gasteiger partial charge on any atom is -0.436 e. The normalized spacial score (nSPS) is 11.7. The van der Waals surface area contributed by atoms with E-state index >= 15 is 0 Å². The summed E-state index contributed by atoms with van der Waals surface area (Å²) in [6, 6.07) is 24.5. The van der Waals surface area contributed by atoms with Crippen LogP contribution in [0, 0.1) is 13.8 Å². The van der Waals surface area contributed by atoms with Crippen molar-refractivity contribution >= 4 is 33.0 Å². The summed E-state index contributed by atoms with van der Waals surface area (Å²) in [5.74, 6) is 1.23. The molecule has 0 aliphatic carbocycles. The third-order valence-electron chi connectivity index (χ3n) is 5.45. The molecular weight excluding hydrogens is 372 g/mol. The Balaban J connectivity index is 1.54. The van der Waals surface area contributed by atoms with E-state index in [1.807, 2.05) is 68.4 Å². The van der Waals surface area contributed by atoms with Gasteiger partial charge in [-0.05, 0) is 78.2 Å². The lowest BCUT2D eigenvalue weighted by atomic mass is 10.0. The molecule has 0 aliphatic rings. The van der Waals surface area contributed by atoms with Crippen LogP contribution in [0.3, 0.4) is 0 Å². The molecule has 4 aromatic carbocycles. The van der Waals surface area contributed by atoms with Gasteiger partial charge in [-0.2, -0.15) is 0 Å². The number of fused-ring (bicyclic) bond motifs is 3. The predicted octanol–water partition coefficient (Wildman–Crippen LogP) is 7.07. The molecule has 30 heavy (non-hydrogen) atoms. The largest absolute Gasteiger partial charge is 0.436 e. The fraction of sp³-hybridized carbons (Fsp3) is 0.0769. The Bertz CT molecular complexity index is 1570. The molecule has 6 rings (SSSR count). The maximum atomic E-state index is 6.10. The van der Waals surface area contributed by atoms with Gasteiger partial charge in [0.15, 0.2) is 11.2 Å². The maximum absolute atomic E-state index is 6.10. The van der Waals surface area contributed by atoms with Crippen LogP contribution < -0.4 is 0 Å². The summed E-state index contributed by atoms with van der Waals surface area (Å²) in [5.41, 5.74) is 7.50. The third-order valence-corrected chi connectivity index (χ3v) is 5.45. The lowest BCUT2D eigenvalue weighted by Crippen LogP contribution is -1.84. The van der Waals surface area contributed by atoms with Crippen molar-refractivity contribution in [2.45, 2.75) is 13.8 Å². The molecule has 0 N–H and O–H groups in total. The van der Waals surface area contributed by atoms with Gasteiger partial charge < -0.3 is 8.83 Å². The van der Waals surface area contributed by atoms with Gasteiger partial charge >= 0.3 is 0 Å². The second-order valence-electron chi connectivity index (χ2n) is 7.72. The van der Waals surface area contributed by atoms with Gasteiger partial charge in [0.2, 0.25) is 11.8 Å². The second kappa shape index (κ2) is 6.29. The first-order chi connectivity index (χ1) is 14.6. The van der Waals surface area contributed by atoms with Crippen molar-refractivity contribution in [1.29, 1.82) is 0 Å². The van der Waals surface area contributed by atoms with Crippen molar-refractivity contribution in [3.63, 3.8) is 0 Å². The Kier molecular flexibility index (Phi) is 3.56. The van der Waals surface area contributed by atoms with E-state index in [0.29, 0.717) is 11.8 Å². The average Bonchev–Trinajstić information content (AvgIpc) is 3.36. The Morgan fingerprint density at radius 2 is 1.30 bits per heavy atom. The molecule has 0 unspecified atom stereocenters. The molecular formula is C26H18N2O2. The van der Waals surface area contributed by atoms with Crippen molar-refractivity contribution in [2.24, 2.45) is 0 Å². The number of oxazole rings is 2. The van der Waals surface area contributed by atoms with E-state index in [1.165, 1.54) is 0 Å². The standard InChI is InChI=1S/C26H18N2O2/c1-15-6-10-21-23(12-15)29-25(27-21)18-9-8-17-4-3-5-19(20(17)14-18)26-28-22-11-7-16(2)13-24(22)30-26/h3-14H,1-2H3. The monoisotopic (exact) mass is 390 g/mol. The van der Waals surface area contributed by atoms with Crippen LogP contribution in [0.5, 0.6) is 0 Å². The second-order valence-corrected chi connectivity index (χ2v) is 7.72. The summed E-state index contributed by atoms with van der Waals surface area (Å²) in [5, 5.41) is 2.17. The molecule has 0 radical (unpaired) electrons. The zero-order valence-electron chi connectivity index (χ0n) is 16.6. The van der Waals surface area contributed by atoms with E-state index in [2.05, 4.69) is 23.2 Å². The molecule has 0 saturated carbocycles. The van der Waals surface area contributed by atoms with Crippen molar-refractivity contribution < 1.29 is 8.83 Å². The molecule has 0 bridgehead atoms. The van der Waals surface area contributed by atoms with E-state index in [9.17, 15) is 0 Å². The SMILES string of the molecule is Cc1ccc2nc(-c3ccc4cccc(-c5nc6ccc(C)cc6o5)c4c3)oc2c1. The molecule has 2 aromatic heterocycles. The Morgan fingerprint density at radius 3 is 2.03 bits per heavy atom. The lowest BCUT2D eigenvalue weighted by molar-refractivity contribution is 0.619. The van der Waals surface area contributed by atoms with Gasteiger partial charge in [-0.1, -0.05) is 30.3 Å². The number of aryl methyl sites for hydroxylation is 2. The number of hydrogen-bond acceptors (Lipinski definition) is 4. The third kappa shape index (κ3) is 2.69. The van der Waals surface area contributed by atoms with Crippen LogP contribution in [0.25, 0.3) is 55.9 Å². The molecule has 2 heterocycles. The first-order valence-electron chi connectivity index (χ1n) is 9.92. The summed E-state index contributed by atoms with van der Waals surface area (Å²) in [7, 11) is 0. The number of nitrogens with zero attached hydrogens (tertiary/aromatic N) is 2. The van der Waals surface area contributed by atoms with E-state index in [0.717, 1.165) is 55.2 Å². The van der Waals surface area contributed by atoms with Crippen LogP contribution in [-0.2, 0) is 0 Å². The van der Waals surface area contributed by atoms with Gasteiger partial charge in [0.05, 0.1) is 0 Å². The highest BCUT2D eigenvalue weighted by molar-refractivity contribution is 5.98. The molecule has 4 nitrogen and oxygen atoms in total. The minimum atomic E-state index is 0.612. The summed E-state index contributed by atoms with van der Waals surface area (Å²) in [4.78, 5) is 9.39. The molecule has 0 amide bonds. The number of hydrogen-bond donors (Lipinski definition) is 0. The first-order valence-corrected chi connectivity index (χ1v) is 9.92. The zero-order chi connectivity index (χ0) is 20.2. The fourth-order valence-electron chi connectivity index (χ4n) is 3.89. The highest BCUT2D eigenvalue weighted by atomic mass is 16.4. The van der Waals surface area contributed by atoms with Crippen LogP contribution in [0.4, 0.5) is 0 Å². The number of rotatable bonds is 2. The van der Waals surface area contributed by atoms with Crippen LogP contribution >= 0.6 is 0 Å². The van der Waals surface area contributed by atoms with Crippen molar-refractivity contribution in [1.82, 2.24) is 9.97 Å². The van der Waals surface area contributed by atoms with Gasteiger partial charge in [0.25, 0.3) is 0 Å². The Morgan fingerprint density at radius 1 is 0.633 bits per heavy atom. The van der Waals surface area contributed by atoms with Crippen molar-refractivity contribution in [3.05, 3.63) is 83.9 Å². The van der Waals surface area contributed by atoms with Gasteiger partial charge in [0, 0.05) is 11.1 Å². The zero-order valence-corrected chi connectivity index (χ0v) is 16.6. The number of aromatic nitrogens is 2. The first kappa shape index (κ1) is 17.0. The molecule has 0 saturated heterocycles. The van der Waals surface area contributed by atoms with Gasteiger partial charge in [0.1, 0.15) is 11.0 Å². The van der Waals surface area contributed by atoms with Crippen molar-refractivity contribution in [2.75, 3.05) is 0 Å². The molecule has 4 heteroatoms. The Hall–Kier alpha value is -3.92. The topological polar surface area (TPSA) is 52.1 Å². The highest BCUT2D eigenvalue weighted by Crippen LogP contribution is 2.34. The molecule has 0 spiro atoms.